The molecule has 0 amide bonds. The first-order chi connectivity index (χ1) is 7.36. The SMILES string of the molecule is Cc1cccc[n+]1CCC1OCCCO1. The predicted octanol–water partition coefficient (Wildman–Crippen LogP) is 1.44. The number of pyridine rings is 1. The number of aromatic nitrogens is 1. The first kappa shape index (κ1) is 10.6. The Morgan fingerprint density at radius 1 is 1.33 bits per heavy atom. The lowest BCUT2D eigenvalue weighted by Crippen LogP contribution is -2.39. The molecule has 3 nitrogen and oxygen atoms in total. The third kappa shape index (κ3) is 3.01. The summed E-state index contributed by atoms with van der Waals surface area (Å²) in [5, 5.41) is 0. The van der Waals surface area contributed by atoms with Gasteiger partial charge in [-0.05, 0) is 6.42 Å². The van der Waals surface area contributed by atoms with Crippen LogP contribution in [0.15, 0.2) is 24.4 Å². The van der Waals surface area contributed by atoms with Crippen molar-refractivity contribution in [2.45, 2.75) is 32.6 Å². The molecule has 0 aromatic carbocycles. The lowest BCUT2D eigenvalue weighted by molar-refractivity contribution is -0.705. The molecule has 1 aromatic rings. The number of aryl methyl sites for hydroxylation is 2. The molecule has 0 N–H and O–H groups in total. The van der Waals surface area contributed by atoms with Crippen molar-refractivity contribution in [1.82, 2.24) is 0 Å². The van der Waals surface area contributed by atoms with Crippen LogP contribution in [0.5, 0.6) is 0 Å². The van der Waals surface area contributed by atoms with Gasteiger partial charge in [0.2, 0.25) is 0 Å². The Hall–Kier alpha value is -0.930. The van der Waals surface area contributed by atoms with E-state index in [0.717, 1.165) is 32.6 Å². The van der Waals surface area contributed by atoms with Gasteiger partial charge < -0.3 is 9.47 Å². The van der Waals surface area contributed by atoms with Gasteiger partial charge in [-0.15, -0.1) is 0 Å². The summed E-state index contributed by atoms with van der Waals surface area (Å²) in [6, 6.07) is 6.22. The van der Waals surface area contributed by atoms with Crippen LogP contribution >= 0.6 is 0 Å². The van der Waals surface area contributed by atoms with E-state index in [1.165, 1.54) is 5.69 Å². The van der Waals surface area contributed by atoms with Gasteiger partial charge in [0.05, 0.1) is 19.6 Å². The minimum absolute atomic E-state index is 0.00847. The summed E-state index contributed by atoms with van der Waals surface area (Å²) in [6.45, 7) is 4.74. The Balaban J connectivity index is 1.84. The summed E-state index contributed by atoms with van der Waals surface area (Å²) in [5.41, 5.74) is 1.27. The Morgan fingerprint density at radius 3 is 2.87 bits per heavy atom. The van der Waals surface area contributed by atoms with Crippen LogP contribution in [0.2, 0.25) is 0 Å². The number of rotatable bonds is 3. The highest BCUT2D eigenvalue weighted by Gasteiger charge is 2.16. The van der Waals surface area contributed by atoms with Gasteiger partial charge in [-0.2, -0.15) is 0 Å². The van der Waals surface area contributed by atoms with Crippen molar-refractivity contribution in [3.05, 3.63) is 30.1 Å². The van der Waals surface area contributed by atoms with E-state index in [1.807, 2.05) is 0 Å². The van der Waals surface area contributed by atoms with E-state index in [4.69, 9.17) is 9.47 Å². The van der Waals surface area contributed by atoms with Crippen LogP contribution in [0.4, 0.5) is 0 Å². The van der Waals surface area contributed by atoms with E-state index < -0.39 is 0 Å². The normalized spacial score (nSPS) is 17.9. The molecule has 0 aliphatic carbocycles. The molecule has 0 saturated carbocycles. The molecule has 1 aliphatic heterocycles. The standard InChI is InChI=1S/C12H18NO2/c1-11-5-2-3-7-13(11)8-6-12-14-9-4-10-15-12/h2-3,5,7,12H,4,6,8-10H2,1H3/q+1. The Bertz CT molecular complexity index is 308. The number of hydrogen-bond acceptors (Lipinski definition) is 2. The van der Waals surface area contributed by atoms with Crippen LogP contribution in [-0.4, -0.2) is 19.5 Å². The van der Waals surface area contributed by atoms with Crippen molar-refractivity contribution in [2.24, 2.45) is 0 Å². The molecule has 0 radical (unpaired) electrons. The second kappa shape index (κ2) is 5.24. The van der Waals surface area contributed by atoms with Crippen LogP contribution in [0.25, 0.3) is 0 Å². The average molecular weight is 208 g/mol. The van der Waals surface area contributed by atoms with Crippen molar-refractivity contribution in [3.63, 3.8) is 0 Å². The molecular weight excluding hydrogens is 190 g/mol. The fourth-order valence-electron chi connectivity index (χ4n) is 1.76. The number of hydrogen-bond donors (Lipinski definition) is 0. The molecule has 82 valence electrons. The first-order valence-electron chi connectivity index (χ1n) is 5.54. The van der Waals surface area contributed by atoms with Crippen LogP contribution in [-0.2, 0) is 16.0 Å². The zero-order valence-electron chi connectivity index (χ0n) is 9.19. The summed E-state index contributed by atoms with van der Waals surface area (Å²) >= 11 is 0. The zero-order valence-corrected chi connectivity index (χ0v) is 9.19. The van der Waals surface area contributed by atoms with Crippen molar-refractivity contribution >= 4 is 0 Å². The Morgan fingerprint density at radius 2 is 2.13 bits per heavy atom. The summed E-state index contributed by atoms with van der Waals surface area (Å²) in [4.78, 5) is 0. The molecule has 2 heterocycles. The van der Waals surface area contributed by atoms with Crippen LogP contribution in [0.1, 0.15) is 18.5 Å². The molecule has 0 spiro atoms. The van der Waals surface area contributed by atoms with E-state index in [-0.39, 0.29) is 6.29 Å². The summed E-state index contributed by atoms with van der Waals surface area (Å²) in [6.07, 6.45) is 4.03. The second-order valence-electron chi connectivity index (χ2n) is 3.85. The second-order valence-corrected chi connectivity index (χ2v) is 3.85. The third-order valence-electron chi connectivity index (χ3n) is 2.67. The minimum atomic E-state index is -0.00847. The van der Waals surface area contributed by atoms with Gasteiger partial charge in [0.1, 0.15) is 0 Å². The lowest BCUT2D eigenvalue weighted by atomic mass is 10.3. The van der Waals surface area contributed by atoms with Crippen LogP contribution in [0, 0.1) is 6.92 Å². The largest absolute Gasteiger partial charge is 0.352 e. The van der Waals surface area contributed by atoms with Gasteiger partial charge >= 0.3 is 0 Å². The molecule has 1 aromatic heterocycles. The van der Waals surface area contributed by atoms with E-state index in [1.54, 1.807) is 0 Å². The topological polar surface area (TPSA) is 22.3 Å². The fourth-order valence-corrected chi connectivity index (χ4v) is 1.76. The molecule has 1 saturated heterocycles. The molecule has 0 atom stereocenters. The van der Waals surface area contributed by atoms with Crippen molar-refractivity contribution in [1.29, 1.82) is 0 Å². The highest BCUT2D eigenvalue weighted by atomic mass is 16.7. The molecule has 15 heavy (non-hydrogen) atoms. The minimum Gasteiger partial charge on any atom is -0.352 e. The smallest absolute Gasteiger partial charge is 0.178 e. The summed E-state index contributed by atoms with van der Waals surface area (Å²) in [5.74, 6) is 0. The van der Waals surface area contributed by atoms with Crippen LogP contribution < -0.4 is 4.57 Å². The molecule has 2 rings (SSSR count). The van der Waals surface area contributed by atoms with Gasteiger partial charge in [0, 0.05) is 19.1 Å². The van der Waals surface area contributed by atoms with Crippen molar-refractivity contribution < 1.29 is 14.0 Å². The highest BCUT2D eigenvalue weighted by Crippen LogP contribution is 2.08. The van der Waals surface area contributed by atoms with Gasteiger partial charge in [-0.1, -0.05) is 6.07 Å². The number of nitrogens with zero attached hydrogens (tertiary/aromatic N) is 1. The first-order valence-corrected chi connectivity index (χ1v) is 5.54. The van der Waals surface area contributed by atoms with Gasteiger partial charge in [0.15, 0.2) is 24.7 Å². The summed E-state index contributed by atoms with van der Waals surface area (Å²) in [7, 11) is 0. The van der Waals surface area contributed by atoms with E-state index in [2.05, 4.69) is 35.9 Å². The molecule has 3 heteroatoms. The average Bonchev–Trinajstić information content (AvgIpc) is 2.29. The molecule has 1 fully saturated rings. The Kier molecular flexibility index (Phi) is 3.69. The van der Waals surface area contributed by atoms with E-state index in [0.29, 0.717) is 0 Å². The molecule has 0 unspecified atom stereocenters. The van der Waals surface area contributed by atoms with Gasteiger partial charge in [-0.3, -0.25) is 0 Å². The highest BCUT2D eigenvalue weighted by molar-refractivity contribution is 4.93. The number of ether oxygens (including phenoxy) is 2. The molecule has 1 aliphatic rings. The monoisotopic (exact) mass is 208 g/mol. The quantitative estimate of drug-likeness (QED) is 0.701. The maximum absolute atomic E-state index is 5.50. The van der Waals surface area contributed by atoms with Gasteiger partial charge in [-0.25, -0.2) is 4.57 Å². The lowest BCUT2D eigenvalue weighted by Gasteiger charge is -2.22. The van der Waals surface area contributed by atoms with E-state index in [9.17, 15) is 0 Å². The van der Waals surface area contributed by atoms with Crippen molar-refractivity contribution in [3.8, 4) is 0 Å². The molecule has 0 bridgehead atoms. The maximum Gasteiger partial charge on any atom is 0.178 e. The summed E-state index contributed by atoms with van der Waals surface area (Å²) < 4.78 is 13.2. The van der Waals surface area contributed by atoms with Crippen molar-refractivity contribution in [2.75, 3.05) is 13.2 Å². The van der Waals surface area contributed by atoms with E-state index >= 15 is 0 Å². The Labute approximate surface area is 90.6 Å². The van der Waals surface area contributed by atoms with Crippen LogP contribution in [0.3, 0.4) is 0 Å². The maximum atomic E-state index is 5.50. The fraction of sp³-hybridized carbons (Fsp3) is 0.583. The third-order valence-corrected chi connectivity index (χ3v) is 2.67. The van der Waals surface area contributed by atoms with Gasteiger partial charge in [0.25, 0.3) is 0 Å². The zero-order chi connectivity index (χ0) is 10.5. The molecular formula is C12H18NO2+. The predicted molar refractivity (Wildman–Crippen MR) is 56.3 cm³/mol.